The molecule has 3 rings (SSSR count). The molecule has 0 spiro atoms. The molecule has 0 saturated carbocycles. The van der Waals surface area contributed by atoms with Gasteiger partial charge in [-0.1, -0.05) is 12.8 Å². The van der Waals surface area contributed by atoms with E-state index in [2.05, 4.69) is 0 Å². The molecule has 0 N–H and O–H groups in total. The van der Waals surface area contributed by atoms with E-state index in [1.54, 1.807) is 0 Å². The third-order valence-corrected chi connectivity index (χ3v) is 6.34. The first-order valence-corrected chi connectivity index (χ1v) is 9.90. The number of sulfonamides is 1. The monoisotopic (exact) mass is 367 g/mol. The molecule has 2 fully saturated rings. The lowest BCUT2D eigenvalue weighted by atomic mass is 10.2. The van der Waals surface area contributed by atoms with Gasteiger partial charge < -0.3 is 9.47 Å². The molecule has 2 heterocycles. The van der Waals surface area contributed by atoms with E-state index in [4.69, 9.17) is 9.47 Å². The van der Waals surface area contributed by atoms with Crippen molar-refractivity contribution in [2.75, 3.05) is 19.7 Å². The largest absolute Gasteiger partial charge is 0.463 e. The molecule has 0 bridgehead atoms. The third-order valence-electron chi connectivity index (χ3n) is 4.43. The topological polar surface area (TPSA) is 90.0 Å². The molecule has 1 atom stereocenters. The van der Waals surface area contributed by atoms with Crippen molar-refractivity contribution in [3.8, 4) is 0 Å². The summed E-state index contributed by atoms with van der Waals surface area (Å²) < 4.78 is 36.7. The van der Waals surface area contributed by atoms with E-state index in [-0.39, 0.29) is 17.1 Å². The van der Waals surface area contributed by atoms with Crippen LogP contribution < -0.4 is 0 Å². The maximum atomic E-state index is 12.7. The van der Waals surface area contributed by atoms with Crippen molar-refractivity contribution in [2.24, 2.45) is 0 Å². The molecule has 25 heavy (non-hydrogen) atoms. The van der Waals surface area contributed by atoms with Crippen molar-refractivity contribution >= 4 is 22.0 Å². The minimum atomic E-state index is -3.55. The zero-order valence-corrected chi connectivity index (χ0v) is 14.7. The highest BCUT2D eigenvalue weighted by molar-refractivity contribution is 7.89. The second-order valence-electron chi connectivity index (χ2n) is 6.19. The first kappa shape index (κ1) is 17.9. The van der Waals surface area contributed by atoms with Gasteiger partial charge in [-0.25, -0.2) is 18.0 Å². The number of rotatable bonds is 4. The molecular weight excluding hydrogens is 346 g/mol. The lowest BCUT2D eigenvalue weighted by Crippen LogP contribution is -2.32. The molecule has 0 unspecified atom stereocenters. The van der Waals surface area contributed by atoms with E-state index in [1.807, 2.05) is 0 Å². The SMILES string of the molecule is O=C(O[C@@H]1CCOC1=O)c1ccc(S(=O)(=O)N2CCCCCC2)cc1. The van der Waals surface area contributed by atoms with Crippen LogP contribution in [0.5, 0.6) is 0 Å². The minimum absolute atomic E-state index is 0.159. The maximum absolute atomic E-state index is 12.7. The van der Waals surface area contributed by atoms with E-state index in [1.165, 1.54) is 28.6 Å². The number of cyclic esters (lactones) is 1. The van der Waals surface area contributed by atoms with Gasteiger partial charge in [0, 0.05) is 19.5 Å². The highest BCUT2D eigenvalue weighted by Gasteiger charge is 2.31. The summed E-state index contributed by atoms with van der Waals surface area (Å²) in [5, 5.41) is 0. The molecule has 1 aromatic rings. The van der Waals surface area contributed by atoms with E-state index in [9.17, 15) is 18.0 Å². The van der Waals surface area contributed by atoms with Gasteiger partial charge >= 0.3 is 11.9 Å². The number of hydrogen-bond acceptors (Lipinski definition) is 6. The van der Waals surface area contributed by atoms with Gasteiger partial charge in [0.05, 0.1) is 17.1 Å². The molecule has 7 nitrogen and oxygen atoms in total. The van der Waals surface area contributed by atoms with Crippen molar-refractivity contribution in [1.82, 2.24) is 4.31 Å². The van der Waals surface area contributed by atoms with Gasteiger partial charge in [-0.15, -0.1) is 0 Å². The third kappa shape index (κ3) is 4.01. The van der Waals surface area contributed by atoms with E-state index in [0.29, 0.717) is 19.5 Å². The van der Waals surface area contributed by atoms with Crippen molar-refractivity contribution < 1.29 is 27.5 Å². The van der Waals surface area contributed by atoms with Gasteiger partial charge in [-0.2, -0.15) is 4.31 Å². The fourth-order valence-electron chi connectivity index (χ4n) is 2.98. The van der Waals surface area contributed by atoms with Gasteiger partial charge in [0.2, 0.25) is 16.1 Å². The molecule has 8 heteroatoms. The molecule has 136 valence electrons. The van der Waals surface area contributed by atoms with E-state index >= 15 is 0 Å². The van der Waals surface area contributed by atoms with Gasteiger partial charge in [0.1, 0.15) is 0 Å². The molecule has 0 aromatic heterocycles. The second kappa shape index (κ2) is 7.53. The normalized spacial score (nSPS) is 22.2. The van der Waals surface area contributed by atoms with Crippen molar-refractivity contribution in [1.29, 1.82) is 0 Å². The van der Waals surface area contributed by atoms with Crippen LogP contribution in [0.15, 0.2) is 29.2 Å². The van der Waals surface area contributed by atoms with Crippen LogP contribution in [0.2, 0.25) is 0 Å². The number of carbonyl (C=O) groups excluding carboxylic acids is 2. The predicted octanol–water partition coefficient (Wildman–Crippen LogP) is 1.72. The molecule has 1 aromatic carbocycles. The zero-order valence-electron chi connectivity index (χ0n) is 13.8. The maximum Gasteiger partial charge on any atom is 0.347 e. The Bertz CT molecular complexity index is 735. The zero-order chi connectivity index (χ0) is 17.9. The average molecular weight is 367 g/mol. The Kier molecular flexibility index (Phi) is 5.39. The first-order chi connectivity index (χ1) is 12.0. The second-order valence-corrected chi connectivity index (χ2v) is 8.13. The van der Waals surface area contributed by atoms with Crippen LogP contribution in [-0.4, -0.2) is 50.5 Å². The Morgan fingerprint density at radius 3 is 2.28 bits per heavy atom. The number of hydrogen-bond donors (Lipinski definition) is 0. The fraction of sp³-hybridized carbons (Fsp3) is 0.529. The fourth-order valence-corrected chi connectivity index (χ4v) is 4.49. The molecule has 0 amide bonds. The van der Waals surface area contributed by atoms with Crippen LogP contribution in [0.1, 0.15) is 42.5 Å². The summed E-state index contributed by atoms with van der Waals surface area (Å²) in [7, 11) is -3.55. The molecule has 0 aliphatic carbocycles. The summed E-state index contributed by atoms with van der Waals surface area (Å²) in [6.45, 7) is 1.29. The minimum Gasteiger partial charge on any atom is -0.463 e. The smallest absolute Gasteiger partial charge is 0.347 e. The predicted molar refractivity (Wildman–Crippen MR) is 88.4 cm³/mol. The van der Waals surface area contributed by atoms with Gasteiger partial charge in [0.15, 0.2) is 0 Å². The van der Waals surface area contributed by atoms with Crippen molar-refractivity contribution in [3.05, 3.63) is 29.8 Å². The van der Waals surface area contributed by atoms with Crippen molar-refractivity contribution in [3.63, 3.8) is 0 Å². The molecule has 0 radical (unpaired) electrons. The number of carbonyl (C=O) groups is 2. The Labute approximate surface area is 147 Å². The summed E-state index contributed by atoms with van der Waals surface area (Å²) in [6, 6.07) is 5.63. The Hall–Kier alpha value is -1.93. The van der Waals surface area contributed by atoms with Crippen molar-refractivity contribution in [2.45, 2.75) is 43.1 Å². The summed E-state index contributed by atoms with van der Waals surface area (Å²) >= 11 is 0. The lowest BCUT2D eigenvalue weighted by molar-refractivity contribution is -0.145. The van der Waals surface area contributed by atoms with Gasteiger partial charge in [-0.05, 0) is 37.1 Å². The average Bonchev–Trinajstić information content (AvgIpc) is 2.85. The summed E-state index contributed by atoms with van der Waals surface area (Å²) in [4.78, 5) is 23.6. The van der Waals surface area contributed by atoms with Gasteiger partial charge in [0.25, 0.3) is 0 Å². The van der Waals surface area contributed by atoms with Crippen LogP contribution in [-0.2, 0) is 24.3 Å². The van der Waals surface area contributed by atoms with Crippen LogP contribution in [0.25, 0.3) is 0 Å². The van der Waals surface area contributed by atoms with Crippen LogP contribution in [0, 0.1) is 0 Å². The first-order valence-electron chi connectivity index (χ1n) is 8.46. The molecule has 2 aliphatic heterocycles. The van der Waals surface area contributed by atoms with E-state index in [0.717, 1.165) is 25.7 Å². The highest BCUT2D eigenvalue weighted by Crippen LogP contribution is 2.21. The highest BCUT2D eigenvalue weighted by atomic mass is 32.2. The standard InChI is InChI=1S/C17H21NO6S/c19-16(24-15-9-12-23-17(15)20)13-5-7-14(8-6-13)25(21,22)18-10-3-1-2-4-11-18/h5-8,15H,1-4,9-12H2/t15-/m1/s1. The summed E-state index contributed by atoms with van der Waals surface area (Å²) in [5.74, 6) is -1.21. The van der Waals surface area contributed by atoms with Crippen LogP contribution in [0.3, 0.4) is 0 Å². The number of nitrogens with zero attached hydrogens (tertiary/aromatic N) is 1. The number of ether oxygens (including phenoxy) is 2. The molecule has 2 aliphatic rings. The molecular formula is C17H21NO6S. The van der Waals surface area contributed by atoms with Crippen LogP contribution >= 0.6 is 0 Å². The summed E-state index contributed by atoms with van der Waals surface area (Å²) in [5.41, 5.74) is 0.203. The molecule has 2 saturated heterocycles. The Morgan fingerprint density at radius 2 is 1.72 bits per heavy atom. The number of benzene rings is 1. The number of esters is 2. The van der Waals surface area contributed by atoms with Crippen LogP contribution in [0.4, 0.5) is 0 Å². The lowest BCUT2D eigenvalue weighted by Gasteiger charge is -2.20. The summed E-state index contributed by atoms with van der Waals surface area (Å²) in [6.07, 6.45) is 3.27. The van der Waals surface area contributed by atoms with E-state index < -0.39 is 28.1 Å². The quantitative estimate of drug-likeness (QED) is 0.753. The van der Waals surface area contributed by atoms with Gasteiger partial charge in [-0.3, -0.25) is 0 Å². The Morgan fingerprint density at radius 1 is 1.08 bits per heavy atom. The Balaban J connectivity index is 1.70.